The van der Waals surface area contributed by atoms with Gasteiger partial charge >= 0.3 is 5.97 Å². The number of carboxylic acid groups (broad SMARTS) is 1. The lowest BCUT2D eigenvalue weighted by molar-refractivity contribution is 0.0698. The number of likely N-dealkylation sites (N-methyl/N-ethyl adjacent to an activating group) is 1. The maximum absolute atomic E-state index is 11.1. The van der Waals surface area contributed by atoms with Crippen molar-refractivity contribution in [2.75, 3.05) is 31.2 Å². The summed E-state index contributed by atoms with van der Waals surface area (Å²) in [5.74, 6) is -0.954. The van der Waals surface area contributed by atoms with Gasteiger partial charge < -0.3 is 21.1 Å². The molecule has 4 N–H and O–H groups in total. The zero-order chi connectivity index (χ0) is 13.1. The molecule has 1 atom stereocenters. The normalized spacial score (nSPS) is 19.9. The molecule has 5 nitrogen and oxygen atoms in total. The van der Waals surface area contributed by atoms with Crippen molar-refractivity contribution < 1.29 is 9.90 Å². The van der Waals surface area contributed by atoms with E-state index in [9.17, 15) is 4.79 Å². The lowest BCUT2D eigenvalue weighted by Crippen LogP contribution is -2.32. The van der Waals surface area contributed by atoms with Crippen LogP contribution in [0.2, 0.25) is 0 Å². The average molecular weight is 249 g/mol. The molecule has 0 aliphatic carbocycles. The third-order valence-corrected chi connectivity index (χ3v) is 3.51. The van der Waals surface area contributed by atoms with E-state index in [2.05, 4.69) is 17.3 Å². The molecule has 0 spiro atoms. The molecule has 1 aromatic rings. The van der Waals surface area contributed by atoms with Crippen molar-refractivity contribution >= 4 is 17.3 Å². The lowest BCUT2D eigenvalue weighted by Gasteiger charge is -2.21. The zero-order valence-electron chi connectivity index (χ0n) is 10.5. The summed E-state index contributed by atoms with van der Waals surface area (Å²) in [6, 6.07) is 5.39. The Labute approximate surface area is 107 Å². The molecular weight excluding hydrogens is 230 g/mol. The quantitative estimate of drug-likeness (QED) is 0.704. The topological polar surface area (TPSA) is 78.6 Å². The molecule has 1 saturated heterocycles. The van der Waals surface area contributed by atoms with Crippen molar-refractivity contribution in [3.63, 3.8) is 0 Å². The molecule has 0 bridgehead atoms. The Morgan fingerprint density at radius 3 is 3.00 bits per heavy atom. The molecule has 1 aliphatic rings. The molecule has 1 unspecified atom stereocenters. The molecule has 0 aromatic heterocycles. The number of carboxylic acids is 1. The number of para-hydroxylation sites is 1. The fraction of sp³-hybridized carbons (Fsp3) is 0.462. The monoisotopic (exact) mass is 249 g/mol. The number of nitrogens with one attached hydrogen (secondary N) is 1. The number of carbonyl (C=O) groups is 1. The van der Waals surface area contributed by atoms with E-state index in [1.54, 1.807) is 18.2 Å². The van der Waals surface area contributed by atoms with Crippen molar-refractivity contribution in [1.29, 1.82) is 0 Å². The largest absolute Gasteiger partial charge is 0.478 e. The Balaban J connectivity index is 2.11. The SMILES string of the molecule is CN1CCCC1CNc1c(N)cccc1C(=O)O. The number of nitrogens with two attached hydrogens (primary N) is 1. The standard InChI is InChI=1S/C13H19N3O2/c1-16-7-3-4-9(16)8-15-12-10(13(17)18)5-2-6-11(12)14/h2,5-6,9,15H,3-4,7-8,14H2,1H3,(H,17,18). The fourth-order valence-electron chi connectivity index (χ4n) is 2.40. The summed E-state index contributed by atoms with van der Waals surface area (Å²) in [6.45, 7) is 1.83. The molecule has 18 heavy (non-hydrogen) atoms. The van der Waals surface area contributed by atoms with Crippen molar-refractivity contribution in [1.82, 2.24) is 4.90 Å². The predicted molar refractivity (Wildman–Crippen MR) is 72.0 cm³/mol. The van der Waals surface area contributed by atoms with Gasteiger partial charge in [-0.05, 0) is 38.6 Å². The minimum atomic E-state index is -0.954. The molecule has 1 aliphatic heterocycles. The van der Waals surface area contributed by atoms with Crippen molar-refractivity contribution in [2.45, 2.75) is 18.9 Å². The molecule has 0 saturated carbocycles. The smallest absolute Gasteiger partial charge is 0.337 e. The second kappa shape index (κ2) is 5.27. The van der Waals surface area contributed by atoms with Gasteiger partial charge in [0.1, 0.15) is 0 Å². The Hall–Kier alpha value is -1.75. The summed E-state index contributed by atoms with van der Waals surface area (Å²) < 4.78 is 0. The summed E-state index contributed by atoms with van der Waals surface area (Å²) in [4.78, 5) is 13.4. The number of aromatic carboxylic acids is 1. The van der Waals surface area contributed by atoms with Crippen LogP contribution in [-0.4, -0.2) is 42.2 Å². The van der Waals surface area contributed by atoms with Crippen LogP contribution < -0.4 is 11.1 Å². The highest BCUT2D eigenvalue weighted by Crippen LogP contribution is 2.24. The van der Waals surface area contributed by atoms with Gasteiger partial charge in [-0.25, -0.2) is 4.79 Å². The minimum Gasteiger partial charge on any atom is -0.478 e. The van der Waals surface area contributed by atoms with Crippen LogP contribution in [-0.2, 0) is 0 Å². The van der Waals surface area contributed by atoms with Crippen LogP contribution in [0, 0.1) is 0 Å². The first-order chi connectivity index (χ1) is 8.59. The molecule has 1 aromatic carbocycles. The van der Waals surface area contributed by atoms with Gasteiger partial charge in [0.15, 0.2) is 0 Å². The Morgan fingerprint density at radius 2 is 2.39 bits per heavy atom. The number of hydrogen-bond donors (Lipinski definition) is 3. The highest BCUT2D eigenvalue weighted by atomic mass is 16.4. The van der Waals surface area contributed by atoms with E-state index in [-0.39, 0.29) is 5.56 Å². The first-order valence-electron chi connectivity index (χ1n) is 6.15. The van der Waals surface area contributed by atoms with Gasteiger partial charge in [-0.15, -0.1) is 0 Å². The highest BCUT2D eigenvalue weighted by molar-refractivity contribution is 5.97. The summed E-state index contributed by atoms with van der Waals surface area (Å²) in [5, 5.41) is 12.3. The van der Waals surface area contributed by atoms with Crippen LogP contribution in [0.25, 0.3) is 0 Å². The van der Waals surface area contributed by atoms with E-state index in [0.29, 0.717) is 17.4 Å². The Kier molecular flexibility index (Phi) is 3.72. The van der Waals surface area contributed by atoms with Gasteiger partial charge in [0.05, 0.1) is 16.9 Å². The second-order valence-electron chi connectivity index (χ2n) is 4.73. The first-order valence-corrected chi connectivity index (χ1v) is 6.15. The Bertz CT molecular complexity index is 448. The third kappa shape index (κ3) is 2.56. The van der Waals surface area contributed by atoms with Crippen LogP contribution in [0.5, 0.6) is 0 Å². The van der Waals surface area contributed by atoms with Crippen LogP contribution in [0.3, 0.4) is 0 Å². The predicted octanol–water partition coefficient (Wildman–Crippen LogP) is 1.47. The number of benzene rings is 1. The van der Waals surface area contributed by atoms with Crippen LogP contribution in [0.15, 0.2) is 18.2 Å². The van der Waals surface area contributed by atoms with Crippen LogP contribution in [0.4, 0.5) is 11.4 Å². The molecule has 98 valence electrons. The van der Waals surface area contributed by atoms with Gasteiger partial charge in [-0.3, -0.25) is 0 Å². The first kappa shape index (κ1) is 12.7. The van der Waals surface area contributed by atoms with Gasteiger partial charge in [0, 0.05) is 12.6 Å². The number of hydrogen-bond acceptors (Lipinski definition) is 4. The zero-order valence-corrected chi connectivity index (χ0v) is 10.5. The fourth-order valence-corrected chi connectivity index (χ4v) is 2.40. The third-order valence-electron chi connectivity index (χ3n) is 3.51. The van der Waals surface area contributed by atoms with E-state index in [0.717, 1.165) is 19.5 Å². The molecular formula is C13H19N3O2. The van der Waals surface area contributed by atoms with E-state index in [1.807, 2.05) is 0 Å². The summed E-state index contributed by atoms with van der Waals surface area (Å²) >= 11 is 0. The highest BCUT2D eigenvalue weighted by Gasteiger charge is 2.21. The molecule has 5 heteroatoms. The average Bonchev–Trinajstić information content (AvgIpc) is 2.73. The molecule has 1 heterocycles. The van der Waals surface area contributed by atoms with E-state index in [1.165, 1.54) is 6.42 Å². The van der Waals surface area contributed by atoms with Crippen molar-refractivity contribution in [3.05, 3.63) is 23.8 Å². The van der Waals surface area contributed by atoms with Gasteiger partial charge in [0.25, 0.3) is 0 Å². The molecule has 2 rings (SSSR count). The maximum atomic E-state index is 11.1. The number of rotatable bonds is 4. The Morgan fingerprint density at radius 1 is 1.61 bits per heavy atom. The minimum absolute atomic E-state index is 0.232. The summed E-state index contributed by atoms with van der Waals surface area (Å²) in [5.41, 5.74) is 7.09. The van der Waals surface area contributed by atoms with Crippen molar-refractivity contribution in [2.24, 2.45) is 0 Å². The lowest BCUT2D eigenvalue weighted by atomic mass is 10.1. The number of nitrogen functional groups attached to an aromatic ring is 1. The summed E-state index contributed by atoms with van der Waals surface area (Å²) in [7, 11) is 2.09. The molecule has 1 fully saturated rings. The number of nitrogens with zero attached hydrogens (tertiary/aromatic N) is 1. The van der Waals surface area contributed by atoms with Crippen molar-refractivity contribution in [3.8, 4) is 0 Å². The maximum Gasteiger partial charge on any atom is 0.337 e. The van der Waals surface area contributed by atoms with E-state index in [4.69, 9.17) is 10.8 Å². The summed E-state index contributed by atoms with van der Waals surface area (Å²) in [6.07, 6.45) is 2.33. The van der Waals surface area contributed by atoms with Gasteiger partial charge in [-0.2, -0.15) is 0 Å². The van der Waals surface area contributed by atoms with E-state index >= 15 is 0 Å². The van der Waals surface area contributed by atoms with Crippen LogP contribution in [0.1, 0.15) is 23.2 Å². The number of anilines is 2. The molecule has 0 radical (unpaired) electrons. The second-order valence-corrected chi connectivity index (χ2v) is 4.73. The van der Waals surface area contributed by atoms with E-state index < -0.39 is 5.97 Å². The van der Waals surface area contributed by atoms with Gasteiger partial charge in [-0.1, -0.05) is 6.07 Å². The number of likely N-dealkylation sites (tertiary alicyclic amines) is 1. The van der Waals surface area contributed by atoms with Crippen LogP contribution >= 0.6 is 0 Å². The molecule has 0 amide bonds. The van der Waals surface area contributed by atoms with Gasteiger partial charge in [0.2, 0.25) is 0 Å².